The lowest BCUT2D eigenvalue weighted by Gasteiger charge is -2.08. The van der Waals surface area contributed by atoms with Gasteiger partial charge in [0.15, 0.2) is 0 Å². The van der Waals surface area contributed by atoms with E-state index >= 15 is 0 Å². The molecule has 4 nitrogen and oxygen atoms in total. The number of thioether (sulfide) groups is 1. The summed E-state index contributed by atoms with van der Waals surface area (Å²) in [6.07, 6.45) is 0. The first-order valence-corrected chi connectivity index (χ1v) is 11.4. The van der Waals surface area contributed by atoms with Gasteiger partial charge in [-0.3, -0.25) is 9.59 Å². The average molecular weight is 491 g/mol. The molecule has 0 heterocycles. The SMILES string of the molecule is O=C(CSc1ccc(NC(=O)c2ccc3ccccc3c2)cc1)Nc1ccc(Br)cc1. The number of benzene rings is 4. The number of amides is 2. The van der Waals surface area contributed by atoms with E-state index in [1.54, 1.807) is 0 Å². The third kappa shape index (κ3) is 5.75. The van der Waals surface area contributed by atoms with Crippen molar-refractivity contribution in [2.24, 2.45) is 0 Å². The zero-order valence-corrected chi connectivity index (χ0v) is 18.9. The van der Waals surface area contributed by atoms with Gasteiger partial charge in [-0.25, -0.2) is 0 Å². The number of hydrogen-bond acceptors (Lipinski definition) is 3. The molecule has 0 saturated carbocycles. The molecule has 4 aromatic rings. The molecule has 0 bridgehead atoms. The lowest BCUT2D eigenvalue weighted by molar-refractivity contribution is -0.113. The molecule has 0 aliphatic carbocycles. The van der Waals surface area contributed by atoms with Gasteiger partial charge in [-0.2, -0.15) is 0 Å². The summed E-state index contributed by atoms with van der Waals surface area (Å²) in [6, 6.07) is 28.5. The molecule has 0 aromatic heterocycles. The molecule has 31 heavy (non-hydrogen) atoms. The summed E-state index contributed by atoms with van der Waals surface area (Å²) in [5, 5.41) is 7.92. The second-order valence-electron chi connectivity index (χ2n) is 6.88. The molecule has 0 radical (unpaired) electrons. The first kappa shape index (κ1) is 21.2. The van der Waals surface area contributed by atoms with Gasteiger partial charge in [-0.1, -0.05) is 46.3 Å². The highest BCUT2D eigenvalue weighted by Crippen LogP contribution is 2.22. The molecular formula is C25H19BrN2O2S. The maximum absolute atomic E-state index is 12.6. The van der Waals surface area contributed by atoms with Gasteiger partial charge in [0, 0.05) is 26.3 Å². The fraction of sp³-hybridized carbons (Fsp3) is 0.0400. The number of hydrogen-bond donors (Lipinski definition) is 2. The number of carbonyl (C=O) groups excluding carboxylic acids is 2. The fourth-order valence-electron chi connectivity index (χ4n) is 3.05. The molecule has 4 aromatic carbocycles. The Morgan fingerprint density at radius 3 is 2.13 bits per heavy atom. The summed E-state index contributed by atoms with van der Waals surface area (Å²) in [7, 11) is 0. The molecule has 6 heteroatoms. The molecule has 0 aliphatic rings. The van der Waals surface area contributed by atoms with Crippen molar-refractivity contribution in [3.05, 3.63) is 101 Å². The average Bonchev–Trinajstić information content (AvgIpc) is 2.80. The van der Waals surface area contributed by atoms with E-state index in [0.717, 1.165) is 25.8 Å². The maximum Gasteiger partial charge on any atom is 0.255 e. The van der Waals surface area contributed by atoms with E-state index in [4.69, 9.17) is 0 Å². The molecule has 2 amide bonds. The Hall–Kier alpha value is -3.09. The minimum absolute atomic E-state index is 0.0685. The molecular weight excluding hydrogens is 472 g/mol. The Balaban J connectivity index is 1.31. The van der Waals surface area contributed by atoms with Gasteiger partial charge in [-0.15, -0.1) is 11.8 Å². The van der Waals surface area contributed by atoms with Gasteiger partial charge in [-0.05, 0) is 71.4 Å². The summed E-state index contributed by atoms with van der Waals surface area (Å²) >= 11 is 4.82. The van der Waals surface area contributed by atoms with E-state index in [2.05, 4.69) is 26.6 Å². The Morgan fingerprint density at radius 2 is 1.39 bits per heavy atom. The first-order valence-electron chi connectivity index (χ1n) is 9.65. The van der Waals surface area contributed by atoms with Crippen LogP contribution in [0.25, 0.3) is 10.8 Å². The molecule has 0 aliphatic heterocycles. The Morgan fingerprint density at radius 1 is 0.742 bits per heavy atom. The van der Waals surface area contributed by atoms with E-state index in [1.807, 2.05) is 91.0 Å². The molecule has 2 N–H and O–H groups in total. The summed E-state index contributed by atoms with van der Waals surface area (Å²) in [4.78, 5) is 25.7. The van der Waals surface area contributed by atoms with E-state index in [0.29, 0.717) is 17.0 Å². The third-order valence-electron chi connectivity index (χ3n) is 4.62. The Kier molecular flexibility index (Phi) is 6.70. The smallest absolute Gasteiger partial charge is 0.255 e. The van der Waals surface area contributed by atoms with Crippen LogP contribution in [0, 0.1) is 0 Å². The zero-order chi connectivity index (χ0) is 21.6. The summed E-state index contributed by atoms with van der Waals surface area (Å²) in [6.45, 7) is 0. The molecule has 0 atom stereocenters. The van der Waals surface area contributed by atoms with Crippen LogP contribution in [0.4, 0.5) is 11.4 Å². The number of nitrogens with one attached hydrogen (secondary N) is 2. The van der Waals surface area contributed by atoms with Crippen LogP contribution in [0.5, 0.6) is 0 Å². The van der Waals surface area contributed by atoms with Crippen molar-refractivity contribution in [3.8, 4) is 0 Å². The topological polar surface area (TPSA) is 58.2 Å². The summed E-state index contributed by atoms with van der Waals surface area (Å²) in [5.41, 5.74) is 2.09. The van der Waals surface area contributed by atoms with Crippen LogP contribution >= 0.6 is 27.7 Å². The second-order valence-corrected chi connectivity index (χ2v) is 8.85. The number of carbonyl (C=O) groups is 2. The minimum atomic E-state index is -0.153. The highest BCUT2D eigenvalue weighted by molar-refractivity contribution is 9.10. The van der Waals surface area contributed by atoms with Gasteiger partial charge >= 0.3 is 0 Å². The van der Waals surface area contributed by atoms with Gasteiger partial charge in [0.25, 0.3) is 5.91 Å². The fourth-order valence-corrected chi connectivity index (χ4v) is 4.01. The standard InChI is InChI=1S/C25H19BrN2O2S/c26-20-7-9-21(10-8-20)27-24(29)16-31-23-13-11-22(12-14-23)28-25(30)19-6-5-17-3-1-2-4-18(17)15-19/h1-15H,16H2,(H,27,29)(H,28,30). The number of rotatable bonds is 6. The number of anilines is 2. The van der Waals surface area contributed by atoms with Crippen molar-refractivity contribution in [2.45, 2.75) is 4.90 Å². The molecule has 4 rings (SSSR count). The second kappa shape index (κ2) is 9.81. The quantitative estimate of drug-likeness (QED) is 0.300. The maximum atomic E-state index is 12.6. The van der Waals surface area contributed by atoms with Crippen LogP contribution in [0.1, 0.15) is 10.4 Å². The largest absolute Gasteiger partial charge is 0.325 e. The van der Waals surface area contributed by atoms with E-state index in [1.165, 1.54) is 11.8 Å². The van der Waals surface area contributed by atoms with Crippen LogP contribution in [0.15, 0.2) is 100 Å². The van der Waals surface area contributed by atoms with Crippen LogP contribution in [-0.2, 0) is 4.79 Å². The molecule has 0 unspecified atom stereocenters. The normalized spacial score (nSPS) is 10.6. The van der Waals surface area contributed by atoms with Crippen LogP contribution < -0.4 is 10.6 Å². The highest BCUT2D eigenvalue weighted by Gasteiger charge is 2.08. The highest BCUT2D eigenvalue weighted by atomic mass is 79.9. The van der Waals surface area contributed by atoms with Crippen molar-refractivity contribution >= 4 is 61.7 Å². The first-order chi connectivity index (χ1) is 15.1. The van der Waals surface area contributed by atoms with Gasteiger partial charge < -0.3 is 10.6 Å². The molecule has 0 saturated heterocycles. The molecule has 0 spiro atoms. The van der Waals surface area contributed by atoms with Crippen molar-refractivity contribution in [3.63, 3.8) is 0 Å². The zero-order valence-electron chi connectivity index (χ0n) is 16.5. The molecule has 0 fully saturated rings. The third-order valence-corrected chi connectivity index (χ3v) is 6.16. The van der Waals surface area contributed by atoms with Crippen molar-refractivity contribution in [1.82, 2.24) is 0 Å². The van der Waals surface area contributed by atoms with Crippen molar-refractivity contribution in [1.29, 1.82) is 0 Å². The van der Waals surface area contributed by atoms with Gasteiger partial charge in [0.05, 0.1) is 5.75 Å². The van der Waals surface area contributed by atoms with Crippen LogP contribution in [0.3, 0.4) is 0 Å². The van der Waals surface area contributed by atoms with Crippen molar-refractivity contribution in [2.75, 3.05) is 16.4 Å². The van der Waals surface area contributed by atoms with Crippen LogP contribution in [-0.4, -0.2) is 17.6 Å². The monoisotopic (exact) mass is 490 g/mol. The Bertz CT molecular complexity index is 1220. The minimum Gasteiger partial charge on any atom is -0.325 e. The Labute approximate surface area is 193 Å². The predicted octanol–water partition coefficient (Wildman–Crippen LogP) is 6.59. The lowest BCUT2D eigenvalue weighted by Crippen LogP contribution is -2.13. The summed E-state index contributed by atoms with van der Waals surface area (Å²) < 4.78 is 0.965. The molecule has 154 valence electrons. The predicted molar refractivity (Wildman–Crippen MR) is 132 cm³/mol. The number of fused-ring (bicyclic) bond motifs is 1. The van der Waals surface area contributed by atoms with Gasteiger partial charge in [0.1, 0.15) is 0 Å². The summed E-state index contributed by atoms with van der Waals surface area (Å²) in [5.74, 6) is 0.0832. The number of halogens is 1. The van der Waals surface area contributed by atoms with Crippen molar-refractivity contribution < 1.29 is 9.59 Å². The van der Waals surface area contributed by atoms with E-state index in [-0.39, 0.29) is 11.8 Å². The van der Waals surface area contributed by atoms with Gasteiger partial charge in [0.2, 0.25) is 5.91 Å². The van der Waals surface area contributed by atoms with E-state index < -0.39 is 0 Å². The van der Waals surface area contributed by atoms with Crippen LogP contribution in [0.2, 0.25) is 0 Å². The lowest BCUT2D eigenvalue weighted by atomic mass is 10.1. The van der Waals surface area contributed by atoms with E-state index in [9.17, 15) is 9.59 Å².